The number of benzene rings is 1. The first-order valence-electron chi connectivity index (χ1n) is 8.19. The van der Waals surface area contributed by atoms with Gasteiger partial charge in [0.05, 0.1) is 29.8 Å². The molecule has 1 amide bonds. The number of anilines is 1. The number of nitrogen functional groups attached to an aromatic ring is 1. The van der Waals surface area contributed by atoms with Crippen LogP contribution in [0.4, 0.5) is 5.69 Å². The molecule has 0 aliphatic carbocycles. The molecular weight excluding hydrogens is 362 g/mol. The zero-order valence-electron chi connectivity index (χ0n) is 14.9. The molecule has 2 rings (SSSR count). The van der Waals surface area contributed by atoms with Crippen molar-refractivity contribution < 1.29 is 24.9 Å². The molecule has 146 valence electrons. The Labute approximate surface area is 157 Å². The number of halogens is 1. The van der Waals surface area contributed by atoms with Gasteiger partial charge in [-0.15, -0.1) is 0 Å². The van der Waals surface area contributed by atoms with E-state index in [0.717, 1.165) is 19.5 Å². The fourth-order valence-corrected chi connectivity index (χ4v) is 3.23. The summed E-state index contributed by atoms with van der Waals surface area (Å²) in [6.07, 6.45) is 0.891. The molecule has 1 fully saturated rings. The Bertz CT molecular complexity index is 656. The summed E-state index contributed by atoms with van der Waals surface area (Å²) in [5, 5.41) is 12.1. The molecule has 9 heteroatoms. The van der Waals surface area contributed by atoms with Crippen LogP contribution in [0.25, 0.3) is 0 Å². The molecule has 1 aromatic rings. The highest BCUT2D eigenvalue weighted by atomic mass is 35.5. The van der Waals surface area contributed by atoms with E-state index in [1.54, 1.807) is 0 Å². The van der Waals surface area contributed by atoms with E-state index in [2.05, 4.69) is 10.2 Å². The van der Waals surface area contributed by atoms with Crippen molar-refractivity contribution in [2.75, 3.05) is 32.5 Å². The van der Waals surface area contributed by atoms with Crippen LogP contribution in [0.1, 0.15) is 30.1 Å². The third-order valence-corrected chi connectivity index (χ3v) is 4.84. The Morgan fingerprint density at radius 1 is 1.46 bits per heavy atom. The molecule has 0 aromatic heterocycles. The molecule has 0 radical (unpaired) electrons. The fraction of sp³-hybridized carbons (Fsp3) is 0.529. The highest BCUT2D eigenvalue weighted by molar-refractivity contribution is 6.33. The summed E-state index contributed by atoms with van der Waals surface area (Å²) in [6, 6.07) is 3.06. The van der Waals surface area contributed by atoms with Crippen molar-refractivity contribution in [3.8, 4) is 5.75 Å². The van der Waals surface area contributed by atoms with Crippen molar-refractivity contribution in [3.05, 3.63) is 22.7 Å². The first-order chi connectivity index (χ1) is 11.8. The Hall–Kier alpha value is -2.03. The van der Waals surface area contributed by atoms with Gasteiger partial charge in [0.2, 0.25) is 0 Å². The molecule has 0 saturated carbocycles. The second-order valence-corrected chi connectivity index (χ2v) is 6.77. The second-order valence-electron chi connectivity index (χ2n) is 6.36. The van der Waals surface area contributed by atoms with E-state index in [4.69, 9.17) is 27.2 Å². The van der Waals surface area contributed by atoms with Gasteiger partial charge in [-0.2, -0.15) is 0 Å². The average Bonchev–Trinajstić information content (AvgIpc) is 2.57. The predicted octanol–water partition coefficient (Wildman–Crippen LogP) is 1.02. The molecule has 8 nitrogen and oxygen atoms in total. The molecule has 1 saturated heterocycles. The summed E-state index contributed by atoms with van der Waals surface area (Å²) >= 11 is 6.02. The number of rotatable bonds is 6. The van der Waals surface area contributed by atoms with Gasteiger partial charge >= 0.3 is 5.97 Å². The lowest BCUT2D eigenvalue weighted by molar-refractivity contribution is -0.137. The normalized spacial score (nSPS) is 20.1. The Balaban J connectivity index is 0.00000338. The number of ether oxygens (including phenoxy) is 1. The van der Waals surface area contributed by atoms with Crippen molar-refractivity contribution >= 4 is 29.2 Å². The van der Waals surface area contributed by atoms with Crippen molar-refractivity contribution in [3.63, 3.8) is 0 Å². The highest BCUT2D eigenvalue weighted by Crippen LogP contribution is 2.29. The number of carbonyl (C=O) groups excluding carboxylic acids is 1. The van der Waals surface area contributed by atoms with Gasteiger partial charge in [0, 0.05) is 31.7 Å². The number of amides is 1. The van der Waals surface area contributed by atoms with Crippen LogP contribution in [-0.2, 0) is 4.79 Å². The minimum atomic E-state index is -0.796. The molecule has 0 bridgehead atoms. The maximum atomic E-state index is 12.6. The van der Waals surface area contributed by atoms with Crippen LogP contribution < -0.4 is 15.8 Å². The molecule has 6 N–H and O–H groups in total. The van der Waals surface area contributed by atoms with Crippen LogP contribution in [0.2, 0.25) is 5.02 Å². The SMILES string of the molecule is COc1cc(N)c(Cl)cc1C(=O)NC1CCN(CCC(=O)O)CC1C.O. The molecular formula is C17H26ClN3O5. The van der Waals surface area contributed by atoms with Crippen LogP contribution in [-0.4, -0.2) is 60.1 Å². The minimum Gasteiger partial charge on any atom is -0.496 e. The number of carboxylic acids is 1. The quantitative estimate of drug-likeness (QED) is 0.623. The van der Waals surface area contributed by atoms with Crippen LogP contribution >= 0.6 is 11.6 Å². The number of likely N-dealkylation sites (tertiary alicyclic amines) is 1. The summed E-state index contributed by atoms with van der Waals surface area (Å²) < 4.78 is 5.23. The van der Waals surface area contributed by atoms with Gasteiger partial charge in [-0.05, 0) is 18.4 Å². The van der Waals surface area contributed by atoms with E-state index in [1.165, 1.54) is 19.2 Å². The molecule has 1 heterocycles. The summed E-state index contributed by atoms with van der Waals surface area (Å²) in [7, 11) is 1.48. The Morgan fingerprint density at radius 2 is 2.15 bits per heavy atom. The summed E-state index contributed by atoms with van der Waals surface area (Å²) in [4.78, 5) is 25.4. The van der Waals surface area contributed by atoms with Gasteiger partial charge in [-0.1, -0.05) is 18.5 Å². The summed E-state index contributed by atoms with van der Waals surface area (Å²) in [5.74, 6) is -0.460. The topological polar surface area (TPSA) is 136 Å². The maximum Gasteiger partial charge on any atom is 0.304 e. The molecule has 1 aliphatic heterocycles. The molecule has 2 unspecified atom stereocenters. The van der Waals surface area contributed by atoms with Crippen LogP contribution in [0.15, 0.2) is 12.1 Å². The van der Waals surface area contributed by atoms with Gasteiger partial charge in [-0.25, -0.2) is 0 Å². The second kappa shape index (κ2) is 9.61. The number of nitrogens with zero attached hydrogens (tertiary/aromatic N) is 1. The molecule has 0 spiro atoms. The van der Waals surface area contributed by atoms with E-state index < -0.39 is 5.97 Å². The van der Waals surface area contributed by atoms with Crippen molar-refractivity contribution in [2.24, 2.45) is 5.92 Å². The van der Waals surface area contributed by atoms with E-state index in [1.807, 2.05) is 6.92 Å². The zero-order valence-corrected chi connectivity index (χ0v) is 15.7. The molecule has 26 heavy (non-hydrogen) atoms. The van der Waals surface area contributed by atoms with Gasteiger partial charge in [0.1, 0.15) is 5.75 Å². The zero-order chi connectivity index (χ0) is 18.6. The Morgan fingerprint density at radius 3 is 2.73 bits per heavy atom. The first kappa shape index (κ1) is 22.0. The summed E-state index contributed by atoms with van der Waals surface area (Å²) in [6.45, 7) is 4.08. The lowest BCUT2D eigenvalue weighted by atomic mass is 9.93. The lowest BCUT2D eigenvalue weighted by Crippen LogP contribution is -2.50. The molecule has 1 aromatic carbocycles. The lowest BCUT2D eigenvalue weighted by Gasteiger charge is -2.37. The first-order valence-corrected chi connectivity index (χ1v) is 8.57. The van der Waals surface area contributed by atoms with E-state index in [0.29, 0.717) is 28.6 Å². The van der Waals surface area contributed by atoms with Crippen LogP contribution in [0.3, 0.4) is 0 Å². The average molecular weight is 388 g/mol. The third-order valence-electron chi connectivity index (χ3n) is 4.51. The van der Waals surface area contributed by atoms with Gasteiger partial charge in [0.25, 0.3) is 5.91 Å². The molecule has 1 aliphatic rings. The van der Waals surface area contributed by atoms with Crippen LogP contribution in [0.5, 0.6) is 5.75 Å². The van der Waals surface area contributed by atoms with E-state index in [-0.39, 0.29) is 29.8 Å². The highest BCUT2D eigenvalue weighted by Gasteiger charge is 2.28. The van der Waals surface area contributed by atoms with E-state index in [9.17, 15) is 9.59 Å². The standard InChI is InChI=1S/C17H24ClN3O4.H2O/c1-10-9-21(6-4-16(22)23)5-3-14(10)20-17(24)11-7-12(18)13(19)8-15(11)25-2;/h7-8,10,14H,3-6,9,19H2,1-2H3,(H,20,24)(H,22,23);1H2. The number of methoxy groups -OCH3 is 1. The monoisotopic (exact) mass is 387 g/mol. The molecule has 2 atom stereocenters. The van der Waals surface area contributed by atoms with Gasteiger partial charge in [0.15, 0.2) is 0 Å². The minimum absolute atomic E-state index is 0. The maximum absolute atomic E-state index is 12.6. The van der Waals surface area contributed by atoms with E-state index >= 15 is 0 Å². The van der Waals surface area contributed by atoms with Gasteiger partial charge < -0.3 is 31.3 Å². The number of nitrogens with one attached hydrogen (secondary N) is 1. The van der Waals surface area contributed by atoms with Crippen LogP contribution in [0, 0.1) is 5.92 Å². The number of aliphatic carboxylic acids is 1. The van der Waals surface area contributed by atoms with Gasteiger partial charge in [-0.3, -0.25) is 9.59 Å². The Kier molecular flexibility index (Phi) is 8.13. The number of hydrogen-bond acceptors (Lipinski definition) is 5. The number of nitrogens with two attached hydrogens (primary N) is 1. The van der Waals surface area contributed by atoms with Crippen molar-refractivity contribution in [1.29, 1.82) is 0 Å². The third kappa shape index (κ3) is 5.48. The summed E-state index contributed by atoms with van der Waals surface area (Å²) in [5.41, 5.74) is 6.45. The largest absolute Gasteiger partial charge is 0.496 e. The number of carboxylic acid groups (broad SMARTS) is 1. The number of carbonyl (C=O) groups is 2. The number of hydrogen-bond donors (Lipinski definition) is 3. The van der Waals surface area contributed by atoms with Crippen molar-refractivity contribution in [2.45, 2.75) is 25.8 Å². The predicted molar refractivity (Wildman–Crippen MR) is 99.8 cm³/mol. The number of piperidine rings is 1. The smallest absolute Gasteiger partial charge is 0.304 e. The van der Waals surface area contributed by atoms with Crippen molar-refractivity contribution in [1.82, 2.24) is 10.2 Å². The fourth-order valence-electron chi connectivity index (χ4n) is 3.06.